The number of hydrogen-bond acceptors (Lipinski definition) is 5. The third-order valence-electron chi connectivity index (χ3n) is 3.64. The summed E-state index contributed by atoms with van der Waals surface area (Å²) in [5.74, 6) is -3.08. The first-order valence-electron chi connectivity index (χ1n) is 6.89. The lowest BCUT2D eigenvalue weighted by Crippen LogP contribution is -2.37. The van der Waals surface area contributed by atoms with Gasteiger partial charge in [0.05, 0.1) is 12.2 Å². The molecule has 0 spiro atoms. The fourth-order valence-corrected chi connectivity index (χ4v) is 3.87. The van der Waals surface area contributed by atoms with Crippen LogP contribution in [0.2, 0.25) is 0 Å². The number of sulfonamides is 1. The Morgan fingerprint density at radius 3 is 2.71 bits per heavy atom. The van der Waals surface area contributed by atoms with Crippen LogP contribution in [0.4, 0.5) is 8.78 Å². The van der Waals surface area contributed by atoms with Gasteiger partial charge in [0, 0.05) is 18.8 Å². The Morgan fingerprint density at radius 1 is 1.29 bits per heavy atom. The number of amides is 1. The second-order valence-electron chi connectivity index (χ2n) is 5.19. The Kier molecular flexibility index (Phi) is 4.01. The molecule has 1 aliphatic heterocycles. The molecule has 2 N–H and O–H groups in total. The molecule has 126 valence electrons. The second kappa shape index (κ2) is 5.87. The van der Waals surface area contributed by atoms with Crippen molar-refractivity contribution in [2.24, 2.45) is 5.73 Å². The maximum Gasteiger partial charge on any atom is 0.286 e. The van der Waals surface area contributed by atoms with Crippen LogP contribution in [0, 0.1) is 11.6 Å². The monoisotopic (exact) mass is 354 g/mol. The number of benzene rings is 1. The van der Waals surface area contributed by atoms with Crippen molar-refractivity contribution in [3.05, 3.63) is 53.1 Å². The Hall–Kier alpha value is -2.46. The standard InChI is InChI=1S/C14H12F2N4O3S/c15-9-1-2-12(10(16)5-9)24(22,23)20-4-3-8-6-18-14(13(17)21)19-11(8)7-20/h1-2,5-6H,3-4,7H2,(H2,17,21). The molecule has 0 fully saturated rings. The first-order chi connectivity index (χ1) is 11.3. The predicted molar refractivity (Wildman–Crippen MR) is 78.2 cm³/mol. The Bertz CT molecular complexity index is 934. The van der Waals surface area contributed by atoms with Crippen LogP contribution >= 0.6 is 0 Å². The summed E-state index contributed by atoms with van der Waals surface area (Å²) in [5.41, 5.74) is 6.13. The molecule has 0 saturated heterocycles. The Balaban J connectivity index is 1.96. The molecule has 0 bridgehead atoms. The van der Waals surface area contributed by atoms with Crippen LogP contribution in [0.25, 0.3) is 0 Å². The third-order valence-corrected chi connectivity index (χ3v) is 5.52. The van der Waals surface area contributed by atoms with E-state index in [0.717, 1.165) is 16.4 Å². The highest BCUT2D eigenvalue weighted by Crippen LogP contribution is 2.25. The highest BCUT2D eigenvalue weighted by atomic mass is 32.2. The van der Waals surface area contributed by atoms with Gasteiger partial charge < -0.3 is 5.73 Å². The summed E-state index contributed by atoms with van der Waals surface area (Å²) in [7, 11) is -4.17. The molecule has 24 heavy (non-hydrogen) atoms. The van der Waals surface area contributed by atoms with Crippen molar-refractivity contribution in [2.75, 3.05) is 6.54 Å². The minimum Gasteiger partial charge on any atom is -0.363 e. The number of nitrogens with zero attached hydrogens (tertiary/aromatic N) is 3. The molecule has 2 aromatic rings. The van der Waals surface area contributed by atoms with Gasteiger partial charge in [-0.05, 0) is 24.1 Å². The number of rotatable bonds is 3. The molecule has 0 unspecified atom stereocenters. The number of halogens is 2. The number of primary amides is 1. The van der Waals surface area contributed by atoms with Crippen molar-refractivity contribution in [2.45, 2.75) is 17.9 Å². The van der Waals surface area contributed by atoms with Crippen LogP contribution in [-0.2, 0) is 23.0 Å². The van der Waals surface area contributed by atoms with Crippen molar-refractivity contribution < 1.29 is 22.0 Å². The third kappa shape index (κ3) is 2.85. The van der Waals surface area contributed by atoms with Crippen LogP contribution in [0.1, 0.15) is 21.9 Å². The second-order valence-corrected chi connectivity index (χ2v) is 7.10. The van der Waals surface area contributed by atoms with E-state index in [9.17, 15) is 22.0 Å². The molecule has 0 saturated carbocycles. The smallest absolute Gasteiger partial charge is 0.286 e. The normalized spacial score (nSPS) is 15.1. The average molecular weight is 354 g/mol. The van der Waals surface area contributed by atoms with E-state index in [-0.39, 0.29) is 18.9 Å². The summed E-state index contributed by atoms with van der Waals surface area (Å²) in [4.78, 5) is 18.3. The van der Waals surface area contributed by atoms with Gasteiger partial charge in [0.1, 0.15) is 16.5 Å². The molecule has 2 heterocycles. The van der Waals surface area contributed by atoms with Gasteiger partial charge in [-0.15, -0.1) is 0 Å². The highest BCUT2D eigenvalue weighted by Gasteiger charge is 2.31. The van der Waals surface area contributed by atoms with Gasteiger partial charge in [0.2, 0.25) is 15.8 Å². The highest BCUT2D eigenvalue weighted by molar-refractivity contribution is 7.89. The van der Waals surface area contributed by atoms with Gasteiger partial charge in [0.15, 0.2) is 0 Å². The van der Waals surface area contributed by atoms with E-state index in [0.29, 0.717) is 23.7 Å². The molecular weight excluding hydrogens is 342 g/mol. The topological polar surface area (TPSA) is 106 Å². The zero-order valence-electron chi connectivity index (χ0n) is 12.2. The molecule has 0 radical (unpaired) electrons. The zero-order chi connectivity index (χ0) is 17.5. The van der Waals surface area contributed by atoms with Crippen molar-refractivity contribution >= 4 is 15.9 Å². The molecule has 1 aromatic heterocycles. The van der Waals surface area contributed by atoms with Gasteiger partial charge in [-0.3, -0.25) is 4.79 Å². The molecule has 1 aliphatic rings. The van der Waals surface area contributed by atoms with Gasteiger partial charge in [-0.2, -0.15) is 4.31 Å². The van der Waals surface area contributed by atoms with Crippen molar-refractivity contribution in [3.63, 3.8) is 0 Å². The molecule has 0 atom stereocenters. The number of carbonyl (C=O) groups excluding carboxylic acids is 1. The molecule has 3 rings (SSSR count). The number of carbonyl (C=O) groups is 1. The quantitative estimate of drug-likeness (QED) is 0.869. The minimum absolute atomic E-state index is 0.0887. The van der Waals surface area contributed by atoms with E-state index in [1.165, 1.54) is 6.20 Å². The summed E-state index contributed by atoms with van der Waals surface area (Å²) < 4.78 is 53.0. The maximum absolute atomic E-state index is 13.8. The van der Waals surface area contributed by atoms with Crippen LogP contribution in [0.15, 0.2) is 29.3 Å². The fourth-order valence-electron chi connectivity index (χ4n) is 2.43. The fraction of sp³-hybridized carbons (Fsp3) is 0.214. The number of fused-ring (bicyclic) bond motifs is 1. The molecular formula is C14H12F2N4O3S. The van der Waals surface area contributed by atoms with Crippen LogP contribution < -0.4 is 5.73 Å². The van der Waals surface area contributed by atoms with Crippen LogP contribution in [-0.4, -0.2) is 35.1 Å². The largest absolute Gasteiger partial charge is 0.363 e. The van der Waals surface area contributed by atoms with Crippen molar-refractivity contribution in [3.8, 4) is 0 Å². The van der Waals surface area contributed by atoms with E-state index in [1.807, 2.05) is 0 Å². The van der Waals surface area contributed by atoms with Crippen molar-refractivity contribution in [1.29, 1.82) is 0 Å². The van der Waals surface area contributed by atoms with Gasteiger partial charge >= 0.3 is 0 Å². The van der Waals surface area contributed by atoms with Crippen molar-refractivity contribution in [1.82, 2.24) is 14.3 Å². The van der Waals surface area contributed by atoms with Gasteiger partial charge in [-0.1, -0.05) is 0 Å². The average Bonchev–Trinajstić information content (AvgIpc) is 2.53. The van der Waals surface area contributed by atoms with Crippen LogP contribution in [0.5, 0.6) is 0 Å². The van der Waals surface area contributed by atoms with E-state index in [2.05, 4.69) is 9.97 Å². The zero-order valence-corrected chi connectivity index (χ0v) is 13.1. The molecule has 7 nitrogen and oxygen atoms in total. The molecule has 1 amide bonds. The van der Waals surface area contributed by atoms with E-state index < -0.39 is 32.5 Å². The number of nitrogens with two attached hydrogens (primary N) is 1. The molecule has 0 aliphatic carbocycles. The molecule has 1 aromatic carbocycles. The lowest BCUT2D eigenvalue weighted by Gasteiger charge is -2.27. The van der Waals surface area contributed by atoms with Crippen LogP contribution in [0.3, 0.4) is 0 Å². The maximum atomic E-state index is 13.8. The van der Waals surface area contributed by atoms with E-state index in [4.69, 9.17) is 5.73 Å². The number of hydrogen-bond donors (Lipinski definition) is 1. The SMILES string of the molecule is NC(=O)c1ncc2c(n1)CN(S(=O)(=O)c1ccc(F)cc1F)CC2. The molecule has 10 heteroatoms. The van der Waals surface area contributed by atoms with E-state index in [1.54, 1.807) is 0 Å². The van der Waals surface area contributed by atoms with E-state index >= 15 is 0 Å². The van der Waals surface area contributed by atoms with Gasteiger partial charge in [-0.25, -0.2) is 27.2 Å². The summed E-state index contributed by atoms with van der Waals surface area (Å²) in [6, 6.07) is 2.27. The minimum atomic E-state index is -4.17. The summed E-state index contributed by atoms with van der Waals surface area (Å²) in [6.07, 6.45) is 1.72. The first-order valence-corrected chi connectivity index (χ1v) is 8.33. The lowest BCUT2D eigenvalue weighted by molar-refractivity contribution is 0.0990. The summed E-state index contributed by atoms with van der Waals surface area (Å²) in [5, 5.41) is 0. The summed E-state index contributed by atoms with van der Waals surface area (Å²) in [6.45, 7) is -0.0668. The predicted octanol–water partition coefficient (Wildman–Crippen LogP) is 0.601. The lowest BCUT2D eigenvalue weighted by atomic mass is 10.1. The summed E-state index contributed by atoms with van der Waals surface area (Å²) >= 11 is 0. The first kappa shape index (κ1) is 16.4. The number of aromatic nitrogens is 2. The Morgan fingerprint density at radius 2 is 2.04 bits per heavy atom. The Labute approximate surface area is 136 Å². The van der Waals surface area contributed by atoms with Gasteiger partial charge in [0.25, 0.3) is 5.91 Å².